The van der Waals surface area contributed by atoms with E-state index in [9.17, 15) is 18.7 Å². The second kappa shape index (κ2) is 9.93. The molecule has 2 aromatic heterocycles. The van der Waals surface area contributed by atoms with Crippen molar-refractivity contribution in [3.05, 3.63) is 48.3 Å². The van der Waals surface area contributed by atoms with Crippen molar-refractivity contribution in [3.63, 3.8) is 0 Å². The summed E-state index contributed by atoms with van der Waals surface area (Å²) >= 11 is 0. The second-order valence-electron chi connectivity index (χ2n) is 8.16. The van der Waals surface area contributed by atoms with Gasteiger partial charge in [-0.3, -0.25) is 4.57 Å². The molecule has 0 N–H and O–H groups in total. The summed E-state index contributed by atoms with van der Waals surface area (Å²) in [5, 5.41) is 11.2. The lowest BCUT2D eigenvalue weighted by atomic mass is 10.2. The number of aromatic nitrogens is 5. The van der Waals surface area contributed by atoms with E-state index in [0.29, 0.717) is 54.8 Å². The van der Waals surface area contributed by atoms with E-state index in [4.69, 9.17) is 9.47 Å². The molecule has 0 spiro atoms. The van der Waals surface area contributed by atoms with E-state index in [2.05, 4.69) is 19.9 Å². The van der Waals surface area contributed by atoms with Crippen molar-refractivity contribution in [1.29, 1.82) is 0 Å². The van der Waals surface area contributed by atoms with Gasteiger partial charge in [0.25, 0.3) is 6.43 Å². The van der Waals surface area contributed by atoms with Crippen LogP contribution in [0.25, 0.3) is 28.4 Å². The minimum Gasteiger partial charge on any atom is -0.530 e. The Kier molecular flexibility index (Phi) is 6.53. The Hall–Kier alpha value is -4.39. The molecule has 1 aliphatic rings. The molecule has 0 radical (unpaired) electrons. The Morgan fingerprint density at radius 2 is 1.76 bits per heavy atom. The van der Waals surface area contributed by atoms with Gasteiger partial charge in [0.2, 0.25) is 11.9 Å². The SMILES string of the molecule is COc1cccc2c1nc(C(F)F)n2-c1nc(-c2ccc(N(C)C(=O)[O-])cc2)nc(N2CCOCC2)n1. The van der Waals surface area contributed by atoms with Gasteiger partial charge in [-0.2, -0.15) is 15.0 Å². The minimum absolute atomic E-state index is 0.0338. The van der Waals surface area contributed by atoms with Crippen molar-refractivity contribution in [3.8, 4) is 23.1 Å². The number of benzene rings is 2. The number of halogens is 2. The number of para-hydroxylation sites is 1. The number of imidazole rings is 1. The fraction of sp³-hybridized carbons (Fsp3) is 0.292. The predicted molar refractivity (Wildman–Crippen MR) is 128 cm³/mol. The van der Waals surface area contributed by atoms with Crippen molar-refractivity contribution in [1.82, 2.24) is 24.5 Å². The zero-order valence-electron chi connectivity index (χ0n) is 20.0. The van der Waals surface area contributed by atoms with Crippen molar-refractivity contribution < 1.29 is 28.2 Å². The number of alkyl halides is 2. The molecule has 37 heavy (non-hydrogen) atoms. The topological polar surface area (TPSA) is 122 Å². The van der Waals surface area contributed by atoms with Gasteiger partial charge in [-0.25, -0.2) is 13.8 Å². The van der Waals surface area contributed by atoms with Gasteiger partial charge >= 0.3 is 0 Å². The van der Waals surface area contributed by atoms with Crippen LogP contribution >= 0.6 is 0 Å². The number of morpholine rings is 1. The molecule has 0 saturated carbocycles. The van der Waals surface area contributed by atoms with Gasteiger partial charge < -0.3 is 29.2 Å². The maximum absolute atomic E-state index is 14.2. The van der Waals surface area contributed by atoms with Crippen LogP contribution in [0.2, 0.25) is 0 Å². The van der Waals surface area contributed by atoms with Crippen molar-refractivity contribution in [2.75, 3.05) is 50.3 Å². The summed E-state index contributed by atoms with van der Waals surface area (Å²) < 4.78 is 40.3. The minimum atomic E-state index is -2.91. The lowest BCUT2D eigenvalue weighted by Gasteiger charge is -2.27. The van der Waals surface area contributed by atoms with E-state index in [1.165, 1.54) is 18.7 Å². The zero-order valence-corrected chi connectivity index (χ0v) is 20.0. The number of ether oxygens (including phenoxy) is 2. The van der Waals surface area contributed by atoms with Gasteiger partial charge in [0.1, 0.15) is 17.4 Å². The van der Waals surface area contributed by atoms with Gasteiger partial charge in [-0.15, -0.1) is 0 Å². The Morgan fingerprint density at radius 1 is 1.05 bits per heavy atom. The van der Waals surface area contributed by atoms with Gasteiger partial charge in [0, 0.05) is 31.4 Å². The van der Waals surface area contributed by atoms with Crippen LogP contribution in [0.1, 0.15) is 12.2 Å². The lowest BCUT2D eigenvalue weighted by molar-refractivity contribution is -0.246. The molecule has 0 atom stereocenters. The molecule has 1 amide bonds. The Morgan fingerprint density at radius 3 is 2.41 bits per heavy atom. The summed E-state index contributed by atoms with van der Waals surface area (Å²) in [4.78, 5) is 31.8. The smallest absolute Gasteiger partial charge is 0.296 e. The highest BCUT2D eigenvalue weighted by atomic mass is 19.3. The molecule has 3 heterocycles. The molecule has 2 aromatic carbocycles. The first-order valence-corrected chi connectivity index (χ1v) is 11.3. The third kappa shape index (κ3) is 4.60. The van der Waals surface area contributed by atoms with Gasteiger partial charge in [-0.05, 0) is 36.4 Å². The fourth-order valence-electron chi connectivity index (χ4n) is 4.04. The number of carbonyl (C=O) groups excluding carboxylic acids is 1. The van der Waals surface area contributed by atoms with E-state index < -0.39 is 18.3 Å². The number of rotatable bonds is 6. The number of amides is 1. The Labute approximate surface area is 209 Å². The van der Waals surface area contributed by atoms with E-state index >= 15 is 0 Å². The highest BCUT2D eigenvalue weighted by Gasteiger charge is 2.26. The van der Waals surface area contributed by atoms with Crippen molar-refractivity contribution in [2.24, 2.45) is 0 Å². The molecule has 192 valence electrons. The molecule has 1 saturated heterocycles. The van der Waals surface area contributed by atoms with Gasteiger partial charge in [0.05, 0.1) is 25.8 Å². The lowest BCUT2D eigenvalue weighted by Crippen LogP contribution is -2.38. The molecular formula is C24H22F2N7O4-. The molecule has 0 unspecified atom stereocenters. The van der Waals surface area contributed by atoms with E-state index in [-0.39, 0.29) is 17.3 Å². The number of fused-ring (bicyclic) bond motifs is 1. The first-order chi connectivity index (χ1) is 17.9. The quantitative estimate of drug-likeness (QED) is 0.385. The molecular weight excluding hydrogens is 488 g/mol. The van der Waals surface area contributed by atoms with Crippen LogP contribution < -0.4 is 19.6 Å². The Balaban J connectivity index is 1.69. The summed E-state index contributed by atoms with van der Waals surface area (Å²) in [6, 6.07) is 11.4. The first-order valence-electron chi connectivity index (χ1n) is 11.3. The monoisotopic (exact) mass is 510 g/mol. The van der Waals surface area contributed by atoms with E-state index in [1.54, 1.807) is 42.5 Å². The average molecular weight is 510 g/mol. The van der Waals surface area contributed by atoms with Crippen LogP contribution in [0.15, 0.2) is 42.5 Å². The van der Waals surface area contributed by atoms with Crippen LogP contribution in [-0.4, -0.2) is 71.1 Å². The number of hydrogen-bond donors (Lipinski definition) is 0. The maximum atomic E-state index is 14.2. The van der Waals surface area contributed by atoms with Gasteiger partial charge in [-0.1, -0.05) is 6.07 Å². The third-order valence-electron chi connectivity index (χ3n) is 5.98. The molecule has 0 aliphatic carbocycles. The highest BCUT2D eigenvalue weighted by molar-refractivity contribution is 5.85. The third-order valence-corrected chi connectivity index (χ3v) is 5.98. The largest absolute Gasteiger partial charge is 0.530 e. The number of carbonyl (C=O) groups is 1. The number of anilines is 2. The number of methoxy groups -OCH3 is 1. The van der Waals surface area contributed by atoms with Crippen LogP contribution in [0.4, 0.5) is 25.2 Å². The highest BCUT2D eigenvalue weighted by Crippen LogP contribution is 2.32. The molecule has 5 rings (SSSR count). The van der Waals surface area contributed by atoms with Crippen molar-refractivity contribution in [2.45, 2.75) is 6.43 Å². The van der Waals surface area contributed by atoms with Crippen LogP contribution in [0, 0.1) is 0 Å². The average Bonchev–Trinajstić information content (AvgIpc) is 3.33. The van der Waals surface area contributed by atoms with Crippen molar-refractivity contribution >= 4 is 28.8 Å². The normalized spacial score (nSPS) is 13.8. The van der Waals surface area contributed by atoms with Crippen LogP contribution in [0.3, 0.4) is 0 Å². The second-order valence-corrected chi connectivity index (χ2v) is 8.16. The van der Waals surface area contributed by atoms with E-state index in [0.717, 1.165) is 4.90 Å². The van der Waals surface area contributed by atoms with Gasteiger partial charge in [0.15, 0.2) is 11.6 Å². The molecule has 0 bridgehead atoms. The Bertz CT molecular complexity index is 1440. The van der Waals surface area contributed by atoms with Crippen LogP contribution in [0.5, 0.6) is 5.75 Å². The summed E-state index contributed by atoms with van der Waals surface area (Å²) in [6.07, 6.45) is -4.27. The molecule has 13 heteroatoms. The summed E-state index contributed by atoms with van der Waals surface area (Å²) in [7, 11) is 2.81. The van der Waals surface area contributed by atoms with Crippen LogP contribution in [-0.2, 0) is 4.74 Å². The number of nitrogens with zero attached hydrogens (tertiary/aromatic N) is 7. The van der Waals surface area contributed by atoms with E-state index in [1.807, 2.05) is 4.90 Å². The molecule has 1 aliphatic heterocycles. The molecule has 11 nitrogen and oxygen atoms in total. The number of carboxylic acid groups (broad SMARTS) is 1. The predicted octanol–water partition coefficient (Wildman–Crippen LogP) is 2.44. The standard InChI is InChI=1S/C24H23F2N7O4/c1-31(24(34)35)15-8-6-14(7-9-15)20-28-22(32-10-12-37-13-11-32)30-23(29-20)33-16-4-3-5-17(36-2)18(16)27-21(33)19(25)26/h3-9,19H,10-13H2,1-2H3,(H,34,35)/p-1. The fourth-order valence-corrected chi connectivity index (χ4v) is 4.04. The summed E-state index contributed by atoms with van der Waals surface area (Å²) in [5.41, 5.74) is 1.53. The molecule has 1 fully saturated rings. The summed E-state index contributed by atoms with van der Waals surface area (Å²) in [5.74, 6) is 0.292. The summed E-state index contributed by atoms with van der Waals surface area (Å²) in [6.45, 7) is 1.96. The molecule has 4 aromatic rings. The zero-order chi connectivity index (χ0) is 26.1. The maximum Gasteiger partial charge on any atom is 0.296 e. The first kappa shape index (κ1) is 24.3. The number of hydrogen-bond acceptors (Lipinski definition) is 9.